The summed E-state index contributed by atoms with van der Waals surface area (Å²) >= 11 is 0. The van der Waals surface area contributed by atoms with Crippen molar-refractivity contribution in [3.63, 3.8) is 0 Å². The topological polar surface area (TPSA) is 34.1 Å². The van der Waals surface area contributed by atoms with Crippen LogP contribution in [0.2, 0.25) is 0 Å². The molecule has 1 heterocycles. The van der Waals surface area contributed by atoms with E-state index >= 15 is 0 Å². The zero-order chi connectivity index (χ0) is 13.7. The van der Waals surface area contributed by atoms with Crippen molar-refractivity contribution in [2.45, 2.75) is 19.9 Å². The van der Waals surface area contributed by atoms with Crippen molar-refractivity contribution in [1.29, 1.82) is 0 Å². The average molecular weight is 256 g/mol. The number of rotatable bonds is 5. The van der Waals surface area contributed by atoms with Crippen molar-refractivity contribution >= 4 is 0 Å². The second-order valence-corrected chi connectivity index (χ2v) is 4.47. The number of hydrogen-bond donors (Lipinski definition) is 1. The third-order valence-corrected chi connectivity index (χ3v) is 3.16. The van der Waals surface area contributed by atoms with E-state index in [1.54, 1.807) is 7.11 Å². The van der Waals surface area contributed by atoms with Gasteiger partial charge in [-0.15, -0.1) is 0 Å². The number of aryl methyl sites for hydroxylation is 1. The van der Waals surface area contributed by atoms with E-state index in [1.165, 1.54) is 11.1 Å². The first kappa shape index (κ1) is 13.6. The Morgan fingerprint density at radius 1 is 1.26 bits per heavy atom. The van der Waals surface area contributed by atoms with Crippen LogP contribution in [0.15, 0.2) is 42.6 Å². The maximum Gasteiger partial charge on any atom is 0.119 e. The highest BCUT2D eigenvalue weighted by Gasteiger charge is 2.16. The first-order valence-corrected chi connectivity index (χ1v) is 6.55. The number of nitrogens with zero attached hydrogens (tertiary/aromatic N) is 1. The third-order valence-electron chi connectivity index (χ3n) is 3.16. The largest absolute Gasteiger partial charge is 0.497 e. The van der Waals surface area contributed by atoms with Crippen LogP contribution < -0.4 is 10.1 Å². The molecule has 3 heteroatoms. The van der Waals surface area contributed by atoms with Gasteiger partial charge in [0.05, 0.1) is 18.8 Å². The van der Waals surface area contributed by atoms with Gasteiger partial charge in [-0.05, 0) is 42.8 Å². The number of methoxy groups -OCH3 is 1. The van der Waals surface area contributed by atoms with Gasteiger partial charge >= 0.3 is 0 Å². The number of ether oxygens (including phenoxy) is 1. The minimum absolute atomic E-state index is 0.0984. The number of hydrogen-bond acceptors (Lipinski definition) is 3. The monoisotopic (exact) mass is 256 g/mol. The first-order valence-electron chi connectivity index (χ1n) is 6.55. The van der Waals surface area contributed by atoms with Crippen LogP contribution in [-0.4, -0.2) is 18.6 Å². The molecular weight excluding hydrogens is 236 g/mol. The van der Waals surface area contributed by atoms with Gasteiger partial charge in [-0.1, -0.05) is 25.1 Å². The lowest BCUT2D eigenvalue weighted by molar-refractivity contribution is 0.413. The van der Waals surface area contributed by atoms with E-state index in [4.69, 9.17) is 4.74 Å². The summed E-state index contributed by atoms with van der Waals surface area (Å²) in [6, 6.07) is 12.3. The zero-order valence-corrected chi connectivity index (χ0v) is 11.7. The second kappa shape index (κ2) is 6.34. The number of nitrogens with one attached hydrogen (secondary N) is 1. The summed E-state index contributed by atoms with van der Waals surface area (Å²) in [5.41, 5.74) is 3.43. The lowest BCUT2D eigenvalue weighted by atomic mass is 9.99. The standard InChI is InChI=1S/C16H20N2O/c1-4-17-16(15-12(2)7-6-10-18-15)13-8-5-9-14(11-13)19-3/h5-11,16-17H,4H2,1-3H3. The fraction of sp³-hybridized carbons (Fsp3) is 0.312. The van der Waals surface area contributed by atoms with E-state index in [0.717, 1.165) is 18.0 Å². The molecule has 0 aliphatic carbocycles. The summed E-state index contributed by atoms with van der Waals surface area (Å²) in [6.07, 6.45) is 1.84. The molecule has 0 spiro atoms. The molecule has 19 heavy (non-hydrogen) atoms. The quantitative estimate of drug-likeness (QED) is 0.892. The molecule has 0 saturated carbocycles. The third kappa shape index (κ3) is 3.12. The molecule has 1 unspecified atom stereocenters. The van der Waals surface area contributed by atoms with Crippen molar-refractivity contribution < 1.29 is 4.74 Å². The molecule has 1 N–H and O–H groups in total. The molecule has 0 saturated heterocycles. The molecule has 100 valence electrons. The van der Waals surface area contributed by atoms with Gasteiger partial charge in [0, 0.05) is 6.20 Å². The summed E-state index contributed by atoms with van der Waals surface area (Å²) in [5, 5.41) is 3.49. The molecule has 2 rings (SSSR count). The summed E-state index contributed by atoms with van der Waals surface area (Å²) in [7, 11) is 1.69. The molecule has 0 aliphatic rings. The molecule has 0 radical (unpaired) electrons. The summed E-state index contributed by atoms with van der Waals surface area (Å²) < 4.78 is 5.30. The van der Waals surface area contributed by atoms with Gasteiger partial charge in [0.25, 0.3) is 0 Å². The Labute approximate surface area is 114 Å². The Morgan fingerprint density at radius 3 is 2.79 bits per heavy atom. The maximum atomic E-state index is 5.30. The van der Waals surface area contributed by atoms with Crippen LogP contribution in [-0.2, 0) is 0 Å². The Balaban J connectivity index is 2.42. The van der Waals surface area contributed by atoms with E-state index in [2.05, 4.69) is 42.3 Å². The predicted molar refractivity (Wildman–Crippen MR) is 77.5 cm³/mol. The van der Waals surface area contributed by atoms with Crippen LogP contribution in [0.4, 0.5) is 0 Å². The zero-order valence-electron chi connectivity index (χ0n) is 11.7. The molecule has 0 fully saturated rings. The van der Waals surface area contributed by atoms with Crippen LogP contribution in [0.3, 0.4) is 0 Å². The molecule has 0 amide bonds. The first-order chi connectivity index (χ1) is 9.26. The molecule has 1 aromatic carbocycles. The van der Waals surface area contributed by atoms with Crippen LogP contribution >= 0.6 is 0 Å². The van der Waals surface area contributed by atoms with E-state index in [0.29, 0.717) is 0 Å². The van der Waals surface area contributed by atoms with Gasteiger partial charge in [-0.25, -0.2) is 0 Å². The number of benzene rings is 1. The molecule has 0 aliphatic heterocycles. The summed E-state index contributed by atoms with van der Waals surface area (Å²) in [6.45, 7) is 5.08. The van der Waals surface area contributed by atoms with Gasteiger partial charge in [0.2, 0.25) is 0 Å². The predicted octanol–water partition coefficient (Wildman–Crippen LogP) is 3.10. The molecule has 3 nitrogen and oxygen atoms in total. The van der Waals surface area contributed by atoms with Crippen LogP contribution in [0.5, 0.6) is 5.75 Å². The Kier molecular flexibility index (Phi) is 4.53. The Hall–Kier alpha value is -1.87. The summed E-state index contributed by atoms with van der Waals surface area (Å²) in [5.74, 6) is 0.869. The van der Waals surface area contributed by atoms with Crippen molar-refractivity contribution in [3.8, 4) is 5.75 Å². The van der Waals surface area contributed by atoms with Gasteiger partial charge in [-0.2, -0.15) is 0 Å². The van der Waals surface area contributed by atoms with E-state index in [-0.39, 0.29) is 6.04 Å². The van der Waals surface area contributed by atoms with E-state index in [9.17, 15) is 0 Å². The summed E-state index contributed by atoms with van der Waals surface area (Å²) in [4.78, 5) is 4.53. The Morgan fingerprint density at radius 2 is 2.11 bits per heavy atom. The number of aromatic nitrogens is 1. The van der Waals surface area contributed by atoms with Crippen LogP contribution in [0, 0.1) is 6.92 Å². The second-order valence-electron chi connectivity index (χ2n) is 4.47. The van der Waals surface area contributed by atoms with Crippen LogP contribution in [0.25, 0.3) is 0 Å². The van der Waals surface area contributed by atoms with Gasteiger partial charge in [-0.3, -0.25) is 4.98 Å². The minimum atomic E-state index is 0.0984. The van der Waals surface area contributed by atoms with Crippen molar-refractivity contribution in [1.82, 2.24) is 10.3 Å². The molecular formula is C16H20N2O. The van der Waals surface area contributed by atoms with Crippen molar-refractivity contribution in [2.75, 3.05) is 13.7 Å². The van der Waals surface area contributed by atoms with E-state index < -0.39 is 0 Å². The molecule has 2 aromatic rings. The normalized spacial score (nSPS) is 12.2. The molecule has 1 atom stereocenters. The van der Waals surface area contributed by atoms with Gasteiger partial charge in [0.15, 0.2) is 0 Å². The highest BCUT2D eigenvalue weighted by atomic mass is 16.5. The van der Waals surface area contributed by atoms with E-state index in [1.807, 2.05) is 24.4 Å². The number of pyridine rings is 1. The maximum absolute atomic E-state index is 5.30. The average Bonchev–Trinajstić information content (AvgIpc) is 2.46. The van der Waals surface area contributed by atoms with Crippen molar-refractivity contribution in [3.05, 3.63) is 59.4 Å². The lowest BCUT2D eigenvalue weighted by Crippen LogP contribution is -2.23. The minimum Gasteiger partial charge on any atom is -0.497 e. The lowest BCUT2D eigenvalue weighted by Gasteiger charge is -2.20. The molecule has 0 bridgehead atoms. The van der Waals surface area contributed by atoms with Gasteiger partial charge in [0.1, 0.15) is 5.75 Å². The highest BCUT2D eigenvalue weighted by molar-refractivity contribution is 5.36. The van der Waals surface area contributed by atoms with Crippen LogP contribution in [0.1, 0.15) is 29.8 Å². The van der Waals surface area contributed by atoms with Gasteiger partial charge < -0.3 is 10.1 Å². The molecule has 1 aromatic heterocycles. The highest BCUT2D eigenvalue weighted by Crippen LogP contribution is 2.25. The fourth-order valence-corrected chi connectivity index (χ4v) is 2.20. The Bertz CT molecular complexity index is 540. The van der Waals surface area contributed by atoms with Crippen molar-refractivity contribution in [2.24, 2.45) is 0 Å². The fourth-order valence-electron chi connectivity index (χ4n) is 2.20. The SMILES string of the molecule is CCNC(c1cccc(OC)c1)c1ncccc1C. The smallest absolute Gasteiger partial charge is 0.119 e.